The van der Waals surface area contributed by atoms with E-state index in [1.54, 1.807) is 18.2 Å². The summed E-state index contributed by atoms with van der Waals surface area (Å²) in [6.07, 6.45) is 7.58. The van der Waals surface area contributed by atoms with Crippen LogP contribution in [0.4, 0.5) is 0 Å². The molecule has 1 aromatic rings. The molecule has 0 aliphatic rings. The first-order chi connectivity index (χ1) is 10.7. The van der Waals surface area contributed by atoms with Crippen LogP contribution in [0, 0.1) is 0 Å². The van der Waals surface area contributed by atoms with E-state index in [0.29, 0.717) is 24.3 Å². The minimum absolute atomic E-state index is 0.0630. The summed E-state index contributed by atoms with van der Waals surface area (Å²) in [6.45, 7) is 4.52. The van der Waals surface area contributed by atoms with Crippen molar-refractivity contribution < 1.29 is 14.6 Å². The molecule has 1 aromatic carbocycles. The van der Waals surface area contributed by atoms with Gasteiger partial charge in [-0.3, -0.25) is 4.79 Å². The smallest absolute Gasteiger partial charge is 0.240 e. The fourth-order valence-electron chi connectivity index (χ4n) is 2.02. The number of benzene rings is 1. The van der Waals surface area contributed by atoms with Gasteiger partial charge in [0.25, 0.3) is 0 Å². The molecule has 0 aromatic heterocycles. The first-order valence-corrected chi connectivity index (χ1v) is 7.95. The molecule has 1 rings (SSSR count). The van der Waals surface area contributed by atoms with Crippen molar-refractivity contribution in [3.05, 3.63) is 23.8 Å². The summed E-state index contributed by atoms with van der Waals surface area (Å²) < 4.78 is 5.24. The van der Waals surface area contributed by atoms with E-state index in [1.165, 1.54) is 25.5 Å². The van der Waals surface area contributed by atoms with Crippen molar-refractivity contribution in [2.75, 3.05) is 6.61 Å². The van der Waals surface area contributed by atoms with Crippen molar-refractivity contribution in [3.63, 3.8) is 0 Å². The molecule has 0 aliphatic heterocycles. The zero-order valence-electron chi connectivity index (χ0n) is 13.5. The van der Waals surface area contributed by atoms with Gasteiger partial charge >= 0.3 is 0 Å². The van der Waals surface area contributed by atoms with E-state index < -0.39 is 0 Å². The van der Waals surface area contributed by atoms with Crippen LogP contribution in [0.25, 0.3) is 0 Å². The first-order valence-electron chi connectivity index (χ1n) is 7.95. The van der Waals surface area contributed by atoms with Crippen LogP contribution in [0.2, 0.25) is 0 Å². The van der Waals surface area contributed by atoms with Crippen LogP contribution in [0.15, 0.2) is 23.3 Å². The second-order valence-corrected chi connectivity index (χ2v) is 5.12. The van der Waals surface area contributed by atoms with Crippen molar-refractivity contribution in [2.24, 2.45) is 5.10 Å². The highest BCUT2D eigenvalue weighted by Gasteiger charge is 2.02. The molecular weight excluding hydrogens is 280 g/mol. The molecule has 0 atom stereocenters. The second kappa shape index (κ2) is 10.7. The zero-order valence-corrected chi connectivity index (χ0v) is 13.5. The minimum atomic E-state index is -0.0806. The fourth-order valence-corrected chi connectivity index (χ4v) is 2.02. The third-order valence-electron chi connectivity index (χ3n) is 3.19. The number of hydrogen-bond acceptors (Lipinski definition) is 4. The summed E-state index contributed by atoms with van der Waals surface area (Å²) in [5.74, 6) is 0.423. The normalized spacial score (nSPS) is 10.8. The number of nitrogens with one attached hydrogen (secondary N) is 1. The van der Waals surface area contributed by atoms with Crippen molar-refractivity contribution in [2.45, 2.75) is 52.4 Å². The number of amides is 1. The highest BCUT2D eigenvalue weighted by atomic mass is 16.5. The topological polar surface area (TPSA) is 70.9 Å². The number of aromatic hydroxyl groups is 1. The van der Waals surface area contributed by atoms with E-state index in [2.05, 4.69) is 17.5 Å². The molecular formula is C17H26N2O3. The van der Waals surface area contributed by atoms with Crippen molar-refractivity contribution in [1.82, 2.24) is 5.43 Å². The molecule has 122 valence electrons. The highest BCUT2D eigenvalue weighted by Crippen LogP contribution is 2.25. The predicted octanol–water partition coefficient (Wildman–Crippen LogP) is 3.60. The predicted molar refractivity (Wildman–Crippen MR) is 88.4 cm³/mol. The Morgan fingerprint density at radius 1 is 1.27 bits per heavy atom. The van der Waals surface area contributed by atoms with Crippen LogP contribution in [-0.2, 0) is 4.79 Å². The zero-order chi connectivity index (χ0) is 16.2. The summed E-state index contributed by atoms with van der Waals surface area (Å²) in [5.41, 5.74) is 3.20. The summed E-state index contributed by atoms with van der Waals surface area (Å²) in [6, 6.07) is 4.99. The van der Waals surface area contributed by atoms with Gasteiger partial charge in [-0.2, -0.15) is 5.10 Å². The number of phenols is 1. The van der Waals surface area contributed by atoms with Gasteiger partial charge in [-0.1, -0.05) is 32.6 Å². The number of phenolic OH excluding ortho intramolecular Hbond substituents is 1. The molecule has 0 bridgehead atoms. The molecule has 2 N–H and O–H groups in total. The molecule has 5 nitrogen and oxygen atoms in total. The monoisotopic (exact) mass is 306 g/mol. The number of carbonyl (C=O) groups excluding carboxylic acids is 1. The maximum absolute atomic E-state index is 11.6. The van der Waals surface area contributed by atoms with E-state index in [1.807, 2.05) is 6.92 Å². The molecule has 0 saturated heterocycles. The standard InChI is InChI=1S/C17H26N2O3/c1-3-5-6-7-8-9-17(21)19-18-13-14-10-11-16(22-4-2)15(20)12-14/h10-13,20H,3-9H2,1-2H3,(H,19,21)/b18-13+. The van der Waals surface area contributed by atoms with E-state index >= 15 is 0 Å². The lowest BCUT2D eigenvalue weighted by Gasteiger charge is -2.05. The van der Waals surface area contributed by atoms with Crippen molar-refractivity contribution in [3.8, 4) is 11.5 Å². The quantitative estimate of drug-likeness (QED) is 0.394. The van der Waals surface area contributed by atoms with Crippen LogP contribution >= 0.6 is 0 Å². The van der Waals surface area contributed by atoms with Gasteiger partial charge in [0.1, 0.15) is 0 Å². The Balaban J connectivity index is 2.32. The first kappa shape index (κ1) is 18.0. The maximum atomic E-state index is 11.6. The Morgan fingerprint density at radius 2 is 2.05 bits per heavy atom. The molecule has 0 heterocycles. The van der Waals surface area contributed by atoms with Crippen LogP contribution in [0.1, 0.15) is 57.9 Å². The van der Waals surface area contributed by atoms with Crippen molar-refractivity contribution in [1.29, 1.82) is 0 Å². The van der Waals surface area contributed by atoms with E-state index in [-0.39, 0.29) is 11.7 Å². The lowest BCUT2D eigenvalue weighted by atomic mass is 10.1. The molecule has 0 unspecified atom stereocenters. The summed E-state index contributed by atoms with van der Waals surface area (Å²) in [7, 11) is 0. The molecule has 1 amide bonds. The SMILES string of the molecule is CCCCCCCC(=O)N/N=C/c1ccc(OCC)c(O)c1. The summed E-state index contributed by atoms with van der Waals surface area (Å²) in [5, 5.41) is 13.6. The van der Waals surface area contributed by atoms with Crippen LogP contribution in [0.3, 0.4) is 0 Å². The molecule has 0 radical (unpaired) electrons. The number of carbonyl (C=O) groups is 1. The number of hydrazone groups is 1. The van der Waals surface area contributed by atoms with Crippen LogP contribution < -0.4 is 10.2 Å². The number of hydrogen-bond donors (Lipinski definition) is 2. The molecule has 5 heteroatoms. The Hall–Kier alpha value is -2.04. The van der Waals surface area contributed by atoms with Gasteiger partial charge in [-0.05, 0) is 37.1 Å². The van der Waals surface area contributed by atoms with Gasteiger partial charge in [0.15, 0.2) is 11.5 Å². The lowest BCUT2D eigenvalue weighted by molar-refractivity contribution is -0.121. The van der Waals surface area contributed by atoms with Gasteiger partial charge in [-0.15, -0.1) is 0 Å². The summed E-state index contributed by atoms with van der Waals surface area (Å²) >= 11 is 0. The fraction of sp³-hybridized carbons (Fsp3) is 0.529. The average Bonchev–Trinajstić information content (AvgIpc) is 2.50. The number of ether oxygens (including phenoxy) is 1. The molecule has 22 heavy (non-hydrogen) atoms. The molecule has 0 saturated carbocycles. The van der Waals surface area contributed by atoms with Gasteiger partial charge in [0.2, 0.25) is 5.91 Å². The third-order valence-corrected chi connectivity index (χ3v) is 3.19. The van der Waals surface area contributed by atoms with Crippen molar-refractivity contribution >= 4 is 12.1 Å². The van der Waals surface area contributed by atoms with Gasteiger partial charge < -0.3 is 9.84 Å². The van der Waals surface area contributed by atoms with E-state index in [4.69, 9.17) is 4.74 Å². The van der Waals surface area contributed by atoms with Gasteiger partial charge in [0, 0.05) is 6.42 Å². The molecule has 0 spiro atoms. The Labute approximate surface area is 132 Å². The largest absolute Gasteiger partial charge is 0.504 e. The Morgan fingerprint density at radius 3 is 2.73 bits per heavy atom. The maximum Gasteiger partial charge on any atom is 0.240 e. The van der Waals surface area contributed by atoms with E-state index in [0.717, 1.165) is 12.8 Å². The highest BCUT2D eigenvalue weighted by molar-refractivity contribution is 5.83. The molecule has 0 aliphatic carbocycles. The minimum Gasteiger partial charge on any atom is -0.504 e. The molecule has 0 fully saturated rings. The lowest BCUT2D eigenvalue weighted by Crippen LogP contribution is -2.16. The summed E-state index contributed by atoms with van der Waals surface area (Å²) in [4.78, 5) is 11.6. The van der Waals surface area contributed by atoms with E-state index in [9.17, 15) is 9.90 Å². The van der Waals surface area contributed by atoms with Crippen LogP contribution in [0.5, 0.6) is 11.5 Å². The third kappa shape index (κ3) is 7.11. The van der Waals surface area contributed by atoms with Crippen LogP contribution in [-0.4, -0.2) is 23.8 Å². The van der Waals surface area contributed by atoms with Gasteiger partial charge in [0.05, 0.1) is 12.8 Å². The van der Waals surface area contributed by atoms with Gasteiger partial charge in [-0.25, -0.2) is 5.43 Å². The average molecular weight is 306 g/mol. The Kier molecular flexibility index (Phi) is 8.72. The number of unbranched alkanes of at least 4 members (excludes halogenated alkanes) is 4. The second-order valence-electron chi connectivity index (χ2n) is 5.12. The Bertz CT molecular complexity index is 487. The number of rotatable bonds is 10. The number of nitrogens with zero attached hydrogens (tertiary/aromatic N) is 1.